The number of piperidine rings is 1. The van der Waals surface area contributed by atoms with E-state index in [1.54, 1.807) is 28.4 Å². The molecule has 14 atom stereocenters. The number of rotatable bonds is 8. The van der Waals surface area contributed by atoms with Gasteiger partial charge in [0.2, 0.25) is 0 Å². The second-order valence-electron chi connectivity index (χ2n) is 12.4. The summed E-state index contributed by atoms with van der Waals surface area (Å²) in [5.41, 5.74) is -3.07. The molecule has 5 saturated carbocycles. The Bertz CT molecular complexity index is 877. The maximum atomic E-state index is 12.0. The van der Waals surface area contributed by atoms with Crippen molar-refractivity contribution in [2.75, 3.05) is 54.7 Å². The number of nitrogens with zero attached hydrogens (tertiary/aromatic N) is 1. The highest BCUT2D eigenvalue weighted by Crippen LogP contribution is 2.80. The normalized spacial score (nSPS) is 58.9. The van der Waals surface area contributed by atoms with Gasteiger partial charge >= 0.3 is 0 Å². The molecule has 0 aromatic carbocycles. The van der Waals surface area contributed by atoms with Crippen LogP contribution in [0.2, 0.25) is 0 Å². The number of fused-ring (bicyclic) bond motifs is 2. The molecule has 5 aliphatic carbocycles. The van der Waals surface area contributed by atoms with E-state index in [0.717, 1.165) is 6.54 Å². The number of aliphatic hydroxyl groups excluding tert-OH is 2. The fraction of sp³-hybridized carbons (Fsp3) is 1.00. The van der Waals surface area contributed by atoms with Gasteiger partial charge in [0, 0.05) is 89.1 Å². The smallest absolute Gasteiger partial charge is 0.117 e. The number of ether oxygens (including phenoxy) is 5. The maximum Gasteiger partial charge on any atom is 0.117 e. The molecule has 7 bridgehead atoms. The lowest BCUT2D eigenvalue weighted by atomic mass is 9.42. The zero-order chi connectivity index (χ0) is 25.8. The number of hydrogen-bond acceptors (Lipinski definition) is 9. The van der Waals surface area contributed by atoms with Crippen LogP contribution >= 0.6 is 0 Å². The summed E-state index contributed by atoms with van der Waals surface area (Å²) < 4.78 is 31.4. The van der Waals surface area contributed by atoms with Crippen molar-refractivity contribution in [3.8, 4) is 0 Å². The Morgan fingerprint density at radius 2 is 1.67 bits per heavy atom. The summed E-state index contributed by atoms with van der Waals surface area (Å²) in [6.45, 7) is 6.61. The largest absolute Gasteiger partial charge is 0.392 e. The molecule has 0 aromatic heterocycles. The van der Waals surface area contributed by atoms with Crippen molar-refractivity contribution >= 4 is 0 Å². The van der Waals surface area contributed by atoms with Crippen molar-refractivity contribution in [2.45, 2.75) is 80.9 Å². The first kappa shape index (κ1) is 25.9. The fourth-order valence-corrected chi connectivity index (χ4v) is 11.4. The van der Waals surface area contributed by atoms with Crippen molar-refractivity contribution in [3.05, 3.63) is 0 Å². The molecule has 0 aromatic rings. The molecular formula is C27H45NO8. The quantitative estimate of drug-likeness (QED) is 0.423. The fourth-order valence-electron chi connectivity index (χ4n) is 11.4. The van der Waals surface area contributed by atoms with E-state index in [1.165, 1.54) is 0 Å². The predicted octanol–water partition coefficient (Wildman–Crippen LogP) is 0.286. The van der Waals surface area contributed by atoms with Crippen LogP contribution in [-0.2, 0) is 23.7 Å². The molecule has 36 heavy (non-hydrogen) atoms. The zero-order valence-corrected chi connectivity index (χ0v) is 22.6. The molecule has 5 unspecified atom stereocenters. The molecule has 206 valence electrons. The van der Waals surface area contributed by atoms with E-state index < -0.39 is 40.3 Å². The molecule has 1 aliphatic heterocycles. The Morgan fingerprint density at radius 3 is 2.25 bits per heavy atom. The minimum Gasteiger partial charge on any atom is -0.392 e. The minimum absolute atomic E-state index is 0.0649. The number of aliphatic hydroxyl groups is 3. The third-order valence-corrected chi connectivity index (χ3v) is 12.0. The van der Waals surface area contributed by atoms with Crippen LogP contribution in [0.1, 0.15) is 33.1 Å². The summed E-state index contributed by atoms with van der Waals surface area (Å²) in [6.07, 6.45) is -1.18. The monoisotopic (exact) mass is 511 g/mol. The van der Waals surface area contributed by atoms with Gasteiger partial charge in [-0.3, -0.25) is 4.90 Å². The van der Waals surface area contributed by atoms with Crippen molar-refractivity contribution in [3.63, 3.8) is 0 Å². The molecular weight excluding hydrogens is 466 g/mol. The average Bonchev–Trinajstić information content (AvgIpc) is 3.21. The summed E-state index contributed by atoms with van der Waals surface area (Å²) in [5, 5.41) is 35.7. The highest BCUT2D eigenvalue weighted by Gasteiger charge is 2.89. The molecule has 0 amide bonds. The summed E-state index contributed by atoms with van der Waals surface area (Å²) >= 11 is 0. The molecule has 9 heteroatoms. The lowest BCUT2D eigenvalue weighted by Gasteiger charge is -2.70. The van der Waals surface area contributed by atoms with Crippen LogP contribution in [0.5, 0.6) is 0 Å². The summed E-state index contributed by atoms with van der Waals surface area (Å²) in [5.74, 6) is -0.503. The third kappa shape index (κ3) is 2.55. The number of likely N-dealkylation sites (tertiary alicyclic amines) is 1. The van der Waals surface area contributed by atoms with Gasteiger partial charge in [0.1, 0.15) is 5.60 Å². The van der Waals surface area contributed by atoms with Gasteiger partial charge in [-0.1, -0.05) is 6.92 Å². The van der Waals surface area contributed by atoms with E-state index in [4.69, 9.17) is 23.7 Å². The maximum absolute atomic E-state index is 12.0. The van der Waals surface area contributed by atoms with Gasteiger partial charge in [-0.05, 0) is 25.8 Å². The first-order chi connectivity index (χ1) is 17.2. The lowest BCUT2D eigenvalue weighted by Crippen LogP contribution is -2.79. The molecule has 3 N–H and O–H groups in total. The predicted molar refractivity (Wildman–Crippen MR) is 129 cm³/mol. The van der Waals surface area contributed by atoms with E-state index in [2.05, 4.69) is 11.8 Å². The summed E-state index contributed by atoms with van der Waals surface area (Å²) in [7, 11) is 6.85. The van der Waals surface area contributed by atoms with Crippen molar-refractivity contribution in [1.82, 2.24) is 4.90 Å². The molecule has 1 heterocycles. The van der Waals surface area contributed by atoms with E-state index in [0.29, 0.717) is 39.0 Å². The molecule has 0 radical (unpaired) electrons. The van der Waals surface area contributed by atoms with Gasteiger partial charge in [-0.15, -0.1) is 0 Å². The molecule has 6 rings (SSSR count). The van der Waals surface area contributed by atoms with Crippen LogP contribution in [0.15, 0.2) is 0 Å². The van der Waals surface area contributed by atoms with Gasteiger partial charge in [0.15, 0.2) is 0 Å². The van der Waals surface area contributed by atoms with Crippen LogP contribution in [0.3, 0.4) is 0 Å². The Kier molecular flexibility index (Phi) is 5.98. The van der Waals surface area contributed by atoms with Crippen LogP contribution in [-0.4, -0.2) is 123 Å². The van der Waals surface area contributed by atoms with Crippen molar-refractivity contribution < 1.29 is 39.0 Å². The highest BCUT2D eigenvalue weighted by atomic mass is 16.5. The Morgan fingerprint density at radius 1 is 0.944 bits per heavy atom. The standard InChI is InChI=1S/C27H45NO8/c1-7-28-12-24(13-32-3)15(29)9-16(33-4)27-14-10-25(31)17(34-5)11-26(36-8-2,18(14)23(25)30)19(22(27)28)20(35-6)21(24)27/h14-23,29-31H,7-13H2,1-6H3/t14?,15-,16+,17+,18?,19?,20+,21?,22-,23-,24+,25+,26-,27?/m1/s1. The summed E-state index contributed by atoms with van der Waals surface area (Å²) in [4.78, 5) is 2.51. The third-order valence-electron chi connectivity index (χ3n) is 12.0. The van der Waals surface area contributed by atoms with Gasteiger partial charge in [-0.25, -0.2) is 0 Å². The van der Waals surface area contributed by atoms with Gasteiger partial charge < -0.3 is 39.0 Å². The van der Waals surface area contributed by atoms with Crippen LogP contribution in [0, 0.1) is 34.5 Å². The number of methoxy groups -OCH3 is 4. The molecule has 1 spiro atoms. The van der Waals surface area contributed by atoms with Gasteiger partial charge in [0.25, 0.3) is 0 Å². The molecule has 9 nitrogen and oxygen atoms in total. The first-order valence-corrected chi connectivity index (χ1v) is 13.8. The van der Waals surface area contributed by atoms with Crippen molar-refractivity contribution in [1.29, 1.82) is 0 Å². The SMILES string of the molecule is CCO[C@]12C[C@H](OC)[C@@]3(O)CC(C1[C@H]3O)C13C4[C@@H](OC)C2[C@H]1N(CC)C[C@]4(COC)[C@H](O)C[C@@H]3OC. The van der Waals surface area contributed by atoms with E-state index in [-0.39, 0.29) is 41.9 Å². The molecule has 6 aliphatic rings. The van der Waals surface area contributed by atoms with Gasteiger partial charge in [-0.2, -0.15) is 0 Å². The first-order valence-electron chi connectivity index (χ1n) is 13.8. The van der Waals surface area contributed by atoms with Gasteiger partial charge in [0.05, 0.1) is 42.7 Å². The molecule has 6 fully saturated rings. The molecule has 1 saturated heterocycles. The van der Waals surface area contributed by atoms with E-state index in [1.807, 2.05) is 6.92 Å². The second kappa shape index (κ2) is 8.32. The van der Waals surface area contributed by atoms with Crippen molar-refractivity contribution in [2.24, 2.45) is 34.5 Å². The zero-order valence-electron chi connectivity index (χ0n) is 22.6. The topological polar surface area (TPSA) is 110 Å². The second-order valence-corrected chi connectivity index (χ2v) is 12.4. The Hall–Kier alpha value is -0.360. The average molecular weight is 512 g/mol. The van der Waals surface area contributed by atoms with Crippen LogP contribution in [0.4, 0.5) is 0 Å². The minimum atomic E-state index is -1.35. The van der Waals surface area contributed by atoms with E-state index >= 15 is 0 Å². The van der Waals surface area contributed by atoms with Crippen LogP contribution in [0.25, 0.3) is 0 Å². The lowest BCUT2D eigenvalue weighted by molar-refractivity contribution is -0.305. The highest BCUT2D eigenvalue weighted by molar-refractivity contribution is 5.38. The number of hydrogen-bond donors (Lipinski definition) is 3. The Labute approximate surface area is 214 Å². The van der Waals surface area contributed by atoms with E-state index in [9.17, 15) is 15.3 Å². The summed E-state index contributed by atoms with van der Waals surface area (Å²) in [6, 6.07) is 0.0674. The Balaban J connectivity index is 1.68. The van der Waals surface area contributed by atoms with Crippen LogP contribution < -0.4 is 0 Å².